The number of amides is 1. The molecule has 26 heavy (non-hydrogen) atoms. The van der Waals surface area contributed by atoms with Crippen molar-refractivity contribution in [1.29, 1.82) is 0 Å². The van der Waals surface area contributed by atoms with Crippen LogP contribution in [0.3, 0.4) is 0 Å². The smallest absolute Gasteiger partial charge is 0.237 e. The lowest BCUT2D eigenvalue weighted by Gasteiger charge is -2.20. The Kier molecular flexibility index (Phi) is 7.57. The molecule has 1 atom stereocenters. The molecule has 140 valence electrons. The van der Waals surface area contributed by atoms with Crippen molar-refractivity contribution in [2.24, 2.45) is 5.73 Å². The minimum atomic E-state index is -0.564. The summed E-state index contributed by atoms with van der Waals surface area (Å²) in [6.07, 6.45) is 1.16. The topological polar surface area (TPSA) is 73.6 Å². The standard InChI is InChI=1S/C19H21ClN2O3.ClH/c20-15-10-14(12-17-18(15)25-9-8-24-17)6-7-22-19(23)16(21)11-13-4-2-1-3-5-13;/h1-5,10,12,16H,6-9,11,21H2,(H,22,23);1H/t16-;/m0./s1. The predicted octanol–water partition coefficient (Wildman–Crippen LogP) is 2.76. The number of hydrogen-bond acceptors (Lipinski definition) is 4. The van der Waals surface area contributed by atoms with Crippen LogP contribution in [0.5, 0.6) is 11.5 Å². The summed E-state index contributed by atoms with van der Waals surface area (Å²) >= 11 is 6.22. The molecule has 7 heteroatoms. The molecule has 0 bridgehead atoms. The lowest BCUT2D eigenvalue weighted by molar-refractivity contribution is -0.122. The summed E-state index contributed by atoms with van der Waals surface area (Å²) < 4.78 is 11.1. The summed E-state index contributed by atoms with van der Waals surface area (Å²) in [6, 6.07) is 12.9. The molecule has 0 aromatic heterocycles. The Morgan fingerprint density at radius 3 is 2.65 bits per heavy atom. The van der Waals surface area contributed by atoms with Gasteiger partial charge >= 0.3 is 0 Å². The van der Waals surface area contributed by atoms with Gasteiger partial charge in [-0.3, -0.25) is 4.79 Å². The molecule has 1 aliphatic heterocycles. The molecule has 2 aromatic carbocycles. The summed E-state index contributed by atoms with van der Waals surface area (Å²) in [5.74, 6) is 1.08. The van der Waals surface area contributed by atoms with E-state index < -0.39 is 6.04 Å². The summed E-state index contributed by atoms with van der Waals surface area (Å²) in [5, 5.41) is 3.40. The lowest BCUT2D eigenvalue weighted by atomic mass is 10.1. The first kappa shape index (κ1) is 20.4. The molecule has 3 rings (SSSR count). The molecular weight excluding hydrogens is 375 g/mol. The van der Waals surface area contributed by atoms with E-state index in [4.69, 9.17) is 26.8 Å². The first-order valence-electron chi connectivity index (χ1n) is 8.29. The maximum Gasteiger partial charge on any atom is 0.237 e. The number of benzene rings is 2. The largest absolute Gasteiger partial charge is 0.486 e. The number of nitrogens with one attached hydrogen (secondary N) is 1. The quantitative estimate of drug-likeness (QED) is 0.786. The molecule has 2 aromatic rings. The third-order valence-corrected chi connectivity index (χ3v) is 4.29. The highest BCUT2D eigenvalue weighted by atomic mass is 35.5. The molecule has 3 N–H and O–H groups in total. The molecule has 1 aliphatic rings. The van der Waals surface area contributed by atoms with Gasteiger partial charge in [0, 0.05) is 6.54 Å². The van der Waals surface area contributed by atoms with Crippen LogP contribution in [0.1, 0.15) is 11.1 Å². The van der Waals surface area contributed by atoms with Gasteiger partial charge in [-0.25, -0.2) is 0 Å². The van der Waals surface area contributed by atoms with Crippen molar-refractivity contribution in [2.45, 2.75) is 18.9 Å². The SMILES string of the molecule is Cl.N[C@@H](Cc1ccccc1)C(=O)NCCc1cc(Cl)c2c(c1)OCCO2. The van der Waals surface area contributed by atoms with Crippen LogP contribution in [-0.2, 0) is 17.6 Å². The van der Waals surface area contributed by atoms with Crippen molar-refractivity contribution in [1.82, 2.24) is 5.32 Å². The van der Waals surface area contributed by atoms with E-state index in [0.29, 0.717) is 49.1 Å². The minimum absolute atomic E-state index is 0. The Bertz CT molecular complexity index is 741. The van der Waals surface area contributed by atoms with Crippen LogP contribution in [0.25, 0.3) is 0 Å². The fourth-order valence-electron chi connectivity index (χ4n) is 2.73. The van der Waals surface area contributed by atoms with Gasteiger partial charge in [-0.05, 0) is 36.1 Å². The van der Waals surface area contributed by atoms with Crippen LogP contribution in [0, 0.1) is 0 Å². The average molecular weight is 397 g/mol. The lowest BCUT2D eigenvalue weighted by Crippen LogP contribution is -2.42. The van der Waals surface area contributed by atoms with Crippen LogP contribution in [0.2, 0.25) is 5.02 Å². The minimum Gasteiger partial charge on any atom is -0.486 e. The zero-order chi connectivity index (χ0) is 17.6. The van der Waals surface area contributed by atoms with Gasteiger partial charge < -0.3 is 20.5 Å². The first-order chi connectivity index (χ1) is 12.1. The van der Waals surface area contributed by atoms with Gasteiger partial charge in [0.15, 0.2) is 11.5 Å². The fourth-order valence-corrected chi connectivity index (χ4v) is 3.02. The molecular formula is C19H22Cl2N2O3. The molecule has 0 saturated heterocycles. The molecule has 0 spiro atoms. The number of halogens is 2. The second-order valence-electron chi connectivity index (χ2n) is 5.94. The van der Waals surface area contributed by atoms with E-state index in [-0.39, 0.29) is 18.3 Å². The average Bonchev–Trinajstić information content (AvgIpc) is 2.62. The van der Waals surface area contributed by atoms with E-state index in [0.717, 1.165) is 11.1 Å². The second-order valence-corrected chi connectivity index (χ2v) is 6.35. The summed E-state index contributed by atoms with van der Waals surface area (Å²) in [5.41, 5.74) is 8.00. The normalized spacial score (nSPS) is 13.5. The number of carbonyl (C=O) groups is 1. The third kappa shape index (κ3) is 5.27. The Morgan fingerprint density at radius 1 is 1.15 bits per heavy atom. The summed E-state index contributed by atoms with van der Waals surface area (Å²) in [7, 11) is 0. The van der Waals surface area contributed by atoms with Crippen LogP contribution < -0.4 is 20.5 Å². The highest BCUT2D eigenvalue weighted by Crippen LogP contribution is 2.38. The number of carbonyl (C=O) groups excluding carboxylic acids is 1. The molecule has 1 heterocycles. The van der Waals surface area contributed by atoms with Gasteiger partial charge in [-0.2, -0.15) is 0 Å². The molecule has 0 saturated carbocycles. The molecule has 0 radical (unpaired) electrons. The van der Waals surface area contributed by atoms with E-state index in [2.05, 4.69) is 5.32 Å². The molecule has 0 fully saturated rings. The van der Waals surface area contributed by atoms with Crippen molar-refractivity contribution in [3.8, 4) is 11.5 Å². The van der Waals surface area contributed by atoms with Crippen molar-refractivity contribution in [3.05, 3.63) is 58.6 Å². The molecule has 1 amide bonds. The number of fused-ring (bicyclic) bond motifs is 1. The van der Waals surface area contributed by atoms with Crippen molar-refractivity contribution >= 4 is 29.9 Å². The number of hydrogen-bond donors (Lipinski definition) is 2. The number of nitrogens with two attached hydrogens (primary N) is 1. The van der Waals surface area contributed by atoms with Crippen LogP contribution in [0.15, 0.2) is 42.5 Å². The van der Waals surface area contributed by atoms with Gasteiger partial charge in [0.05, 0.1) is 11.1 Å². The highest BCUT2D eigenvalue weighted by Gasteiger charge is 2.17. The number of rotatable bonds is 6. The Morgan fingerprint density at radius 2 is 1.88 bits per heavy atom. The van der Waals surface area contributed by atoms with Crippen LogP contribution in [0.4, 0.5) is 0 Å². The van der Waals surface area contributed by atoms with E-state index in [1.165, 1.54) is 0 Å². The summed E-state index contributed by atoms with van der Waals surface area (Å²) in [6.45, 7) is 1.50. The van der Waals surface area contributed by atoms with E-state index in [1.54, 1.807) is 0 Å². The second kappa shape index (κ2) is 9.67. The van der Waals surface area contributed by atoms with Gasteiger partial charge in [0.25, 0.3) is 0 Å². The van der Waals surface area contributed by atoms with Crippen molar-refractivity contribution in [2.75, 3.05) is 19.8 Å². The Labute approximate surface area is 164 Å². The molecule has 0 aliphatic carbocycles. The van der Waals surface area contributed by atoms with Crippen molar-refractivity contribution < 1.29 is 14.3 Å². The van der Waals surface area contributed by atoms with E-state index in [9.17, 15) is 4.79 Å². The maximum absolute atomic E-state index is 12.1. The fraction of sp³-hybridized carbons (Fsp3) is 0.316. The van der Waals surface area contributed by atoms with Gasteiger partial charge in [-0.15, -0.1) is 12.4 Å². The van der Waals surface area contributed by atoms with Crippen LogP contribution in [-0.4, -0.2) is 31.7 Å². The zero-order valence-electron chi connectivity index (χ0n) is 14.2. The molecule has 5 nitrogen and oxygen atoms in total. The third-order valence-electron chi connectivity index (χ3n) is 4.00. The highest BCUT2D eigenvalue weighted by molar-refractivity contribution is 6.32. The zero-order valence-corrected chi connectivity index (χ0v) is 15.8. The predicted molar refractivity (Wildman–Crippen MR) is 105 cm³/mol. The number of ether oxygens (including phenoxy) is 2. The molecule has 0 unspecified atom stereocenters. The van der Waals surface area contributed by atoms with Crippen LogP contribution >= 0.6 is 24.0 Å². The van der Waals surface area contributed by atoms with Gasteiger partial charge in [-0.1, -0.05) is 41.9 Å². The maximum atomic E-state index is 12.1. The monoisotopic (exact) mass is 396 g/mol. The summed E-state index contributed by atoms with van der Waals surface area (Å²) in [4.78, 5) is 12.1. The van der Waals surface area contributed by atoms with E-state index >= 15 is 0 Å². The first-order valence-corrected chi connectivity index (χ1v) is 8.66. The Balaban J connectivity index is 0.00000243. The van der Waals surface area contributed by atoms with Crippen molar-refractivity contribution in [3.63, 3.8) is 0 Å². The van der Waals surface area contributed by atoms with Gasteiger partial charge in [0.2, 0.25) is 5.91 Å². The Hall–Kier alpha value is -1.95. The van der Waals surface area contributed by atoms with Gasteiger partial charge in [0.1, 0.15) is 13.2 Å². The van der Waals surface area contributed by atoms with E-state index in [1.807, 2.05) is 42.5 Å².